The lowest BCUT2D eigenvalue weighted by molar-refractivity contribution is -0.00000536. The molecule has 0 atom stereocenters. The molecule has 0 aliphatic rings. The molecule has 0 saturated carbocycles. The zero-order valence-electron chi connectivity index (χ0n) is 14.1. The zero-order valence-corrected chi connectivity index (χ0v) is 14.8. The average Bonchev–Trinajstić information content (AvgIpc) is 2.69. The van der Waals surface area contributed by atoms with Crippen molar-refractivity contribution in [2.75, 3.05) is 12.4 Å². The molecule has 2 heterocycles. The number of fused-ring (bicyclic) bond motifs is 1. The third-order valence-electron chi connectivity index (χ3n) is 3.88. The third-order valence-corrected chi connectivity index (χ3v) is 3.88. The van der Waals surface area contributed by atoms with Gasteiger partial charge in [0.05, 0.1) is 18.3 Å². The van der Waals surface area contributed by atoms with Crippen molar-refractivity contribution in [1.29, 1.82) is 0 Å². The first-order chi connectivity index (χ1) is 12.3. The van der Waals surface area contributed by atoms with Crippen LogP contribution < -0.4 is 22.5 Å². The fourth-order valence-corrected chi connectivity index (χ4v) is 2.67. The van der Waals surface area contributed by atoms with Crippen molar-refractivity contribution in [3.05, 3.63) is 73.1 Å². The Hall–Kier alpha value is -3.18. The molecule has 4 aromatic rings. The Kier molecular flexibility index (Phi) is 5.29. The SMILES string of the molecule is COc1ccccc1Nc1nc(-c2cccnc2)nc2ccccc12.[Cl-]. The number of hydrogen-bond donors (Lipinski definition) is 1. The highest BCUT2D eigenvalue weighted by Gasteiger charge is 2.11. The summed E-state index contributed by atoms with van der Waals surface area (Å²) in [5.41, 5.74) is 2.59. The standard InChI is InChI=1S/C20H16N4O.ClH/c1-25-18-11-5-4-10-17(18)23-20-15-8-2-3-9-16(15)22-19(24-20)14-7-6-12-21-13-14;/h2-13H,1H3,(H,22,23,24);1H/p-1. The number of pyridine rings is 1. The Morgan fingerprint density at radius 1 is 0.885 bits per heavy atom. The number of aromatic nitrogens is 3. The molecule has 0 bridgehead atoms. The van der Waals surface area contributed by atoms with Crippen molar-refractivity contribution in [2.45, 2.75) is 0 Å². The van der Waals surface area contributed by atoms with Crippen molar-refractivity contribution in [1.82, 2.24) is 15.0 Å². The van der Waals surface area contributed by atoms with E-state index in [-0.39, 0.29) is 12.4 Å². The summed E-state index contributed by atoms with van der Waals surface area (Å²) in [5.74, 6) is 2.12. The molecule has 4 rings (SSSR count). The van der Waals surface area contributed by atoms with Crippen LogP contribution in [0.5, 0.6) is 5.75 Å². The van der Waals surface area contributed by atoms with Crippen molar-refractivity contribution >= 4 is 22.4 Å². The molecule has 0 saturated heterocycles. The fraction of sp³-hybridized carbons (Fsp3) is 0.0500. The first kappa shape index (κ1) is 17.6. The van der Waals surface area contributed by atoms with Gasteiger partial charge in [-0.15, -0.1) is 0 Å². The van der Waals surface area contributed by atoms with Crippen LogP contribution in [0, 0.1) is 0 Å². The van der Waals surface area contributed by atoms with Crippen LogP contribution in [0.3, 0.4) is 0 Å². The number of anilines is 2. The molecular weight excluding hydrogens is 348 g/mol. The number of ether oxygens (including phenoxy) is 1. The molecule has 2 aromatic heterocycles. The van der Waals surface area contributed by atoms with Gasteiger partial charge in [0, 0.05) is 23.3 Å². The summed E-state index contributed by atoms with van der Waals surface area (Å²) < 4.78 is 5.43. The molecule has 0 aliphatic heterocycles. The second-order valence-electron chi connectivity index (χ2n) is 5.48. The molecule has 5 nitrogen and oxygen atoms in total. The van der Waals surface area contributed by atoms with Gasteiger partial charge >= 0.3 is 0 Å². The summed E-state index contributed by atoms with van der Waals surface area (Å²) in [6.07, 6.45) is 3.50. The first-order valence-electron chi connectivity index (χ1n) is 7.92. The summed E-state index contributed by atoms with van der Waals surface area (Å²) in [6.45, 7) is 0. The van der Waals surface area contributed by atoms with E-state index >= 15 is 0 Å². The van der Waals surface area contributed by atoms with E-state index in [0.717, 1.165) is 33.7 Å². The fourth-order valence-electron chi connectivity index (χ4n) is 2.67. The summed E-state index contributed by atoms with van der Waals surface area (Å²) in [7, 11) is 1.65. The maximum Gasteiger partial charge on any atom is 0.163 e. The Labute approximate surface area is 157 Å². The van der Waals surface area contributed by atoms with Crippen molar-refractivity contribution in [2.24, 2.45) is 0 Å². The summed E-state index contributed by atoms with van der Waals surface area (Å²) in [4.78, 5) is 13.6. The van der Waals surface area contributed by atoms with E-state index in [9.17, 15) is 0 Å². The van der Waals surface area contributed by atoms with Gasteiger partial charge < -0.3 is 22.5 Å². The monoisotopic (exact) mass is 363 g/mol. The Bertz CT molecular complexity index is 1020. The number of hydrogen-bond acceptors (Lipinski definition) is 5. The molecule has 0 unspecified atom stereocenters. The van der Waals surface area contributed by atoms with Gasteiger partial charge in [0.1, 0.15) is 11.6 Å². The molecule has 0 fully saturated rings. The van der Waals surface area contributed by atoms with Crippen LogP contribution in [0.4, 0.5) is 11.5 Å². The molecule has 0 amide bonds. The minimum atomic E-state index is 0. The van der Waals surface area contributed by atoms with Crippen LogP contribution in [0.2, 0.25) is 0 Å². The number of methoxy groups -OCH3 is 1. The topological polar surface area (TPSA) is 59.9 Å². The molecule has 1 N–H and O–H groups in total. The normalized spacial score (nSPS) is 10.2. The Morgan fingerprint density at radius 3 is 2.50 bits per heavy atom. The van der Waals surface area contributed by atoms with Gasteiger partial charge in [-0.05, 0) is 36.4 Å². The minimum absolute atomic E-state index is 0. The van der Waals surface area contributed by atoms with Crippen LogP contribution >= 0.6 is 0 Å². The number of para-hydroxylation sites is 3. The smallest absolute Gasteiger partial charge is 0.163 e. The Morgan fingerprint density at radius 2 is 1.69 bits per heavy atom. The molecule has 130 valence electrons. The van der Waals surface area contributed by atoms with E-state index in [0.29, 0.717) is 5.82 Å². The lowest BCUT2D eigenvalue weighted by atomic mass is 10.2. The van der Waals surface area contributed by atoms with Gasteiger partial charge in [-0.2, -0.15) is 0 Å². The molecule has 26 heavy (non-hydrogen) atoms. The van der Waals surface area contributed by atoms with E-state index in [1.807, 2.05) is 60.7 Å². The van der Waals surface area contributed by atoms with Crippen molar-refractivity contribution < 1.29 is 17.1 Å². The molecule has 6 heteroatoms. The lowest BCUT2D eigenvalue weighted by Crippen LogP contribution is -3.00. The minimum Gasteiger partial charge on any atom is -1.00 e. The predicted octanol–water partition coefficient (Wildman–Crippen LogP) is 1.45. The van der Waals surface area contributed by atoms with Gasteiger partial charge in [0.2, 0.25) is 0 Å². The van der Waals surface area contributed by atoms with Gasteiger partial charge in [-0.1, -0.05) is 24.3 Å². The second-order valence-corrected chi connectivity index (χ2v) is 5.48. The third kappa shape index (κ3) is 3.43. The Balaban J connectivity index is 0.00000196. The van der Waals surface area contributed by atoms with Crippen LogP contribution in [-0.4, -0.2) is 22.1 Å². The van der Waals surface area contributed by atoms with Crippen molar-refractivity contribution in [3.63, 3.8) is 0 Å². The summed E-state index contributed by atoms with van der Waals surface area (Å²) in [6, 6.07) is 19.5. The van der Waals surface area contributed by atoms with Crippen LogP contribution in [0.1, 0.15) is 0 Å². The largest absolute Gasteiger partial charge is 1.00 e. The second kappa shape index (κ2) is 7.80. The lowest BCUT2D eigenvalue weighted by Gasteiger charge is -2.13. The van der Waals surface area contributed by atoms with Crippen molar-refractivity contribution in [3.8, 4) is 17.1 Å². The molecule has 0 spiro atoms. The summed E-state index contributed by atoms with van der Waals surface area (Å²) >= 11 is 0. The molecule has 2 aromatic carbocycles. The zero-order chi connectivity index (χ0) is 17.1. The number of rotatable bonds is 4. The number of benzene rings is 2. The van der Waals surface area contributed by atoms with Crippen LogP contribution in [0.25, 0.3) is 22.3 Å². The average molecular weight is 364 g/mol. The molecule has 0 aliphatic carbocycles. The number of nitrogens with one attached hydrogen (secondary N) is 1. The molecular formula is C20H16ClN4O-. The highest BCUT2D eigenvalue weighted by Crippen LogP contribution is 2.31. The first-order valence-corrected chi connectivity index (χ1v) is 7.92. The van der Waals surface area contributed by atoms with E-state index in [4.69, 9.17) is 9.72 Å². The van der Waals surface area contributed by atoms with Gasteiger partial charge in [-0.3, -0.25) is 4.98 Å². The number of halogens is 1. The highest BCUT2D eigenvalue weighted by molar-refractivity contribution is 5.92. The summed E-state index contributed by atoms with van der Waals surface area (Å²) in [5, 5.41) is 4.33. The molecule has 0 radical (unpaired) electrons. The maximum absolute atomic E-state index is 5.43. The van der Waals surface area contributed by atoms with E-state index in [2.05, 4.69) is 15.3 Å². The maximum atomic E-state index is 5.43. The van der Waals surface area contributed by atoms with E-state index in [1.165, 1.54) is 0 Å². The van der Waals surface area contributed by atoms with E-state index < -0.39 is 0 Å². The van der Waals surface area contributed by atoms with Crippen LogP contribution in [0.15, 0.2) is 73.1 Å². The van der Waals surface area contributed by atoms with Gasteiger partial charge in [0.15, 0.2) is 5.82 Å². The van der Waals surface area contributed by atoms with Gasteiger partial charge in [0.25, 0.3) is 0 Å². The predicted molar refractivity (Wildman–Crippen MR) is 99.0 cm³/mol. The van der Waals surface area contributed by atoms with Crippen LogP contribution in [-0.2, 0) is 0 Å². The quantitative estimate of drug-likeness (QED) is 0.594. The number of nitrogens with zero attached hydrogens (tertiary/aromatic N) is 3. The van der Waals surface area contributed by atoms with E-state index in [1.54, 1.807) is 19.5 Å². The van der Waals surface area contributed by atoms with Gasteiger partial charge in [-0.25, -0.2) is 9.97 Å². The highest BCUT2D eigenvalue weighted by atomic mass is 35.5.